The average Bonchev–Trinajstić information content (AvgIpc) is 2.70. The number of nitrogens with one attached hydrogen (secondary N) is 1. The molecule has 1 saturated heterocycles. The van der Waals surface area contributed by atoms with Gasteiger partial charge in [-0.3, -0.25) is 19.1 Å². The van der Waals surface area contributed by atoms with Crippen molar-refractivity contribution in [1.82, 2.24) is 9.13 Å². The molecule has 124 valence electrons. The zero-order valence-corrected chi connectivity index (χ0v) is 12.3. The van der Waals surface area contributed by atoms with Crippen molar-refractivity contribution in [2.75, 3.05) is 6.61 Å². The highest BCUT2D eigenvalue weighted by atomic mass is 31.2. The van der Waals surface area contributed by atoms with Gasteiger partial charge in [-0.25, -0.2) is 9.36 Å². The molecule has 0 unspecified atom stereocenters. The number of rotatable bonds is 4. The van der Waals surface area contributed by atoms with Crippen molar-refractivity contribution in [3.05, 3.63) is 28.2 Å². The summed E-state index contributed by atoms with van der Waals surface area (Å²) in [6.45, 7) is -0.656. The fraction of sp³-hybridized carbons (Fsp3) is 0.600. The molecule has 0 radical (unpaired) electrons. The zero-order valence-electron chi connectivity index (χ0n) is 11.4. The zero-order chi connectivity index (χ0) is 16.7. The monoisotopic (exact) mass is 337 g/mol. The number of aliphatic hydroxyl groups excluding tert-OH is 2. The Balaban J connectivity index is 2.24. The molecule has 5 N–H and O–H groups in total. The number of phosphoric ester groups is 1. The molecule has 12 heteroatoms. The number of hydrogen-bond acceptors (Lipinski definition) is 7. The van der Waals surface area contributed by atoms with Gasteiger partial charge in [0.25, 0.3) is 0 Å². The topological polar surface area (TPSA) is 167 Å². The number of nitrogens with zero attached hydrogens (tertiary/aromatic N) is 2. The number of hydrogen-bond donors (Lipinski definition) is 5. The molecule has 1 aliphatic heterocycles. The number of aliphatic hydroxyl groups is 2. The van der Waals surface area contributed by atoms with Crippen LogP contribution >= 0.6 is 7.82 Å². The van der Waals surface area contributed by atoms with Gasteiger partial charge < -0.3 is 24.7 Å². The van der Waals surface area contributed by atoms with Crippen LogP contribution < -0.4 is 11.2 Å². The Kier molecular flexibility index (Phi) is 4.68. The van der Waals surface area contributed by atoms with Crippen molar-refractivity contribution in [2.24, 2.45) is 7.05 Å². The first-order valence-electron chi connectivity index (χ1n) is 6.16. The predicted octanol–water partition coefficient (Wildman–Crippen LogP) is -2.61. The summed E-state index contributed by atoms with van der Waals surface area (Å²) >= 11 is 0. The maximum absolute atomic E-state index is 12.0. The first-order valence-corrected chi connectivity index (χ1v) is 7.69. The average molecular weight is 337 g/mol. The highest BCUT2D eigenvalue weighted by Gasteiger charge is 2.44. The lowest BCUT2D eigenvalue weighted by atomic mass is 10.1. The first kappa shape index (κ1) is 17.0. The standard InChI is InChI=1S/C10H16N3O8P/c1-12-6(11)2-3-13(10(12)16)9-8(15)7(14)5(21-9)4-20-22(17,18)19/h2-3,5,7-9,11,14-15H,4H2,1H3,(H2,17,18,19)/t5-,7-,8-,9-/m1/s1. The second-order valence-corrected chi connectivity index (χ2v) is 6.02. The molecule has 11 nitrogen and oxygen atoms in total. The molecule has 0 amide bonds. The molecule has 0 aromatic carbocycles. The molecular weight excluding hydrogens is 321 g/mol. The molecule has 1 aromatic rings. The quantitative estimate of drug-likeness (QED) is 0.373. The molecule has 4 atom stereocenters. The van der Waals surface area contributed by atoms with Crippen LogP contribution in [-0.2, 0) is 20.9 Å². The van der Waals surface area contributed by atoms with Gasteiger partial charge in [0.05, 0.1) is 6.61 Å². The fourth-order valence-corrected chi connectivity index (χ4v) is 2.40. The second kappa shape index (κ2) is 6.05. The molecule has 0 spiro atoms. The van der Waals surface area contributed by atoms with Crippen LogP contribution in [0.5, 0.6) is 0 Å². The van der Waals surface area contributed by atoms with E-state index in [-0.39, 0.29) is 5.49 Å². The van der Waals surface area contributed by atoms with Crippen molar-refractivity contribution < 1.29 is 33.8 Å². The summed E-state index contributed by atoms with van der Waals surface area (Å²) in [5, 5.41) is 27.3. The van der Waals surface area contributed by atoms with Crippen LogP contribution in [0.3, 0.4) is 0 Å². The smallest absolute Gasteiger partial charge is 0.387 e. The molecule has 1 aromatic heterocycles. The second-order valence-electron chi connectivity index (χ2n) is 4.78. The lowest BCUT2D eigenvalue weighted by molar-refractivity contribution is -0.0548. The van der Waals surface area contributed by atoms with Crippen LogP contribution in [0.2, 0.25) is 0 Å². The SMILES string of the molecule is Cn1c(=N)ccn([C@@H]2O[C@H](COP(=O)(O)O)[C@@H](O)[C@H]2O)c1=O. The van der Waals surface area contributed by atoms with Crippen molar-refractivity contribution in [3.63, 3.8) is 0 Å². The summed E-state index contributed by atoms with van der Waals surface area (Å²) in [7, 11) is -3.40. The normalized spacial score (nSPS) is 29.0. The minimum Gasteiger partial charge on any atom is -0.387 e. The van der Waals surface area contributed by atoms with Crippen molar-refractivity contribution >= 4 is 7.82 Å². The van der Waals surface area contributed by atoms with Crippen molar-refractivity contribution in [2.45, 2.75) is 24.5 Å². The molecular formula is C10H16N3O8P. The molecule has 1 fully saturated rings. The van der Waals surface area contributed by atoms with E-state index >= 15 is 0 Å². The molecule has 1 aliphatic rings. The maximum Gasteiger partial charge on any atom is 0.469 e. The highest BCUT2D eigenvalue weighted by molar-refractivity contribution is 7.46. The lowest BCUT2D eigenvalue weighted by Crippen LogP contribution is -2.41. The van der Waals surface area contributed by atoms with Gasteiger partial charge in [0, 0.05) is 13.2 Å². The predicted molar refractivity (Wildman–Crippen MR) is 69.4 cm³/mol. The van der Waals surface area contributed by atoms with Crippen LogP contribution in [0.15, 0.2) is 17.1 Å². The van der Waals surface area contributed by atoms with E-state index in [0.29, 0.717) is 0 Å². The van der Waals surface area contributed by atoms with Crippen LogP contribution in [0.4, 0.5) is 0 Å². The van der Waals surface area contributed by atoms with Crippen LogP contribution in [-0.4, -0.2) is 54.1 Å². The molecule has 0 bridgehead atoms. The van der Waals surface area contributed by atoms with Crippen LogP contribution in [0.1, 0.15) is 6.23 Å². The van der Waals surface area contributed by atoms with Gasteiger partial charge in [0.15, 0.2) is 6.23 Å². The summed E-state index contributed by atoms with van der Waals surface area (Å²) < 4.78 is 22.1. The van der Waals surface area contributed by atoms with Gasteiger partial charge in [0.2, 0.25) is 0 Å². The van der Waals surface area contributed by atoms with E-state index in [1.54, 1.807) is 0 Å². The van der Waals surface area contributed by atoms with Crippen LogP contribution in [0, 0.1) is 5.41 Å². The summed E-state index contributed by atoms with van der Waals surface area (Å²) in [4.78, 5) is 29.3. The molecule has 2 heterocycles. The summed E-state index contributed by atoms with van der Waals surface area (Å²) in [5.74, 6) is 0. The summed E-state index contributed by atoms with van der Waals surface area (Å²) in [5.41, 5.74) is -0.712. The minimum absolute atomic E-state index is 0.0596. The van der Waals surface area contributed by atoms with E-state index in [0.717, 1.165) is 9.13 Å². The van der Waals surface area contributed by atoms with E-state index in [1.807, 2.05) is 0 Å². The number of aromatic nitrogens is 2. The number of ether oxygens (including phenoxy) is 1. The van der Waals surface area contributed by atoms with Crippen LogP contribution in [0.25, 0.3) is 0 Å². The number of phosphoric acid groups is 1. The third kappa shape index (κ3) is 3.36. The molecule has 0 saturated carbocycles. The van der Waals surface area contributed by atoms with Gasteiger partial charge in [-0.15, -0.1) is 0 Å². The van der Waals surface area contributed by atoms with Gasteiger partial charge in [0.1, 0.15) is 23.8 Å². The summed E-state index contributed by atoms with van der Waals surface area (Å²) in [6, 6.07) is 1.29. The van der Waals surface area contributed by atoms with Gasteiger partial charge in [-0.1, -0.05) is 0 Å². The molecule has 2 rings (SSSR count). The van der Waals surface area contributed by atoms with Crippen molar-refractivity contribution in [3.8, 4) is 0 Å². The summed E-state index contributed by atoms with van der Waals surface area (Å²) in [6.07, 6.45) is -4.26. The van der Waals surface area contributed by atoms with Gasteiger partial charge in [-0.2, -0.15) is 0 Å². The van der Waals surface area contributed by atoms with E-state index < -0.39 is 44.7 Å². The lowest BCUT2D eigenvalue weighted by Gasteiger charge is -2.18. The minimum atomic E-state index is -4.75. The van der Waals surface area contributed by atoms with Gasteiger partial charge in [-0.05, 0) is 6.07 Å². The van der Waals surface area contributed by atoms with Gasteiger partial charge >= 0.3 is 13.5 Å². The van der Waals surface area contributed by atoms with E-state index in [1.165, 1.54) is 19.3 Å². The largest absolute Gasteiger partial charge is 0.469 e. The Morgan fingerprint density at radius 1 is 1.41 bits per heavy atom. The Labute approximate surface area is 123 Å². The van der Waals surface area contributed by atoms with E-state index in [2.05, 4.69) is 4.52 Å². The van der Waals surface area contributed by atoms with Crippen molar-refractivity contribution in [1.29, 1.82) is 5.41 Å². The Hall–Kier alpha value is -1.33. The molecule has 0 aliphatic carbocycles. The van der Waals surface area contributed by atoms with E-state index in [4.69, 9.17) is 19.9 Å². The third-order valence-corrected chi connectivity index (χ3v) is 3.77. The van der Waals surface area contributed by atoms with E-state index in [9.17, 15) is 19.6 Å². The molecule has 22 heavy (non-hydrogen) atoms. The Morgan fingerprint density at radius 3 is 2.64 bits per heavy atom. The third-order valence-electron chi connectivity index (χ3n) is 3.28. The fourth-order valence-electron chi connectivity index (χ4n) is 2.06. The Morgan fingerprint density at radius 2 is 2.05 bits per heavy atom. The highest BCUT2D eigenvalue weighted by Crippen LogP contribution is 2.38. The maximum atomic E-state index is 12.0. The first-order chi connectivity index (χ1) is 10.1. The Bertz CT molecular complexity index is 709.